The number of hydrogen-bond donors (Lipinski definition) is 1. The van der Waals surface area contributed by atoms with Gasteiger partial charge in [0.05, 0.1) is 0 Å². The van der Waals surface area contributed by atoms with E-state index in [4.69, 9.17) is 14.2 Å². The zero-order chi connectivity index (χ0) is 14.5. The first kappa shape index (κ1) is 13.5. The van der Waals surface area contributed by atoms with Gasteiger partial charge in [0.2, 0.25) is 6.79 Å². The average Bonchev–Trinajstić information content (AvgIpc) is 3.00. The Balaban J connectivity index is 1.89. The Morgan fingerprint density at radius 2 is 1.95 bits per heavy atom. The molecule has 0 aromatic heterocycles. The molecule has 108 valence electrons. The molecule has 3 rings (SSSR count). The molecule has 1 N–H and O–H groups in total. The third-order valence-corrected chi connectivity index (χ3v) is 3.12. The third kappa shape index (κ3) is 3.17. The lowest BCUT2D eigenvalue weighted by atomic mass is 10.1. The highest BCUT2D eigenvalue weighted by atomic mass is 16.7. The summed E-state index contributed by atoms with van der Waals surface area (Å²) in [5.41, 5.74) is 0.957. The van der Waals surface area contributed by atoms with Gasteiger partial charge in [-0.25, -0.2) is 0 Å². The minimum Gasteiger partial charge on any atom is -0.457 e. The zero-order valence-electron chi connectivity index (χ0n) is 11.8. The molecule has 21 heavy (non-hydrogen) atoms. The maximum Gasteiger partial charge on any atom is 0.231 e. The first-order valence-corrected chi connectivity index (χ1v) is 6.84. The summed E-state index contributed by atoms with van der Waals surface area (Å²) in [4.78, 5) is 0. The standard InChI is InChI=1S/C17H17NO3/c1-18-10-9-15(21-14-5-3-2-4-6-14)13-7-8-16-17(11-13)20-12-19-16/h2-9,11,18H,10,12H2,1H3. The van der Waals surface area contributed by atoms with Crippen molar-refractivity contribution >= 4 is 5.76 Å². The second kappa shape index (κ2) is 6.33. The summed E-state index contributed by atoms with van der Waals surface area (Å²) in [7, 11) is 1.90. The Bertz CT molecular complexity index is 638. The van der Waals surface area contributed by atoms with Gasteiger partial charge in [-0.15, -0.1) is 0 Å². The molecule has 2 aromatic rings. The van der Waals surface area contributed by atoms with Crippen LogP contribution in [0, 0.1) is 0 Å². The lowest BCUT2D eigenvalue weighted by molar-refractivity contribution is 0.174. The molecular weight excluding hydrogens is 266 g/mol. The van der Waals surface area contributed by atoms with Crippen LogP contribution in [0.15, 0.2) is 54.6 Å². The van der Waals surface area contributed by atoms with Gasteiger partial charge in [0, 0.05) is 12.1 Å². The summed E-state index contributed by atoms with van der Waals surface area (Å²) in [6.07, 6.45) is 2.00. The number of rotatable bonds is 5. The lowest BCUT2D eigenvalue weighted by Crippen LogP contribution is -2.07. The monoisotopic (exact) mass is 283 g/mol. The van der Waals surface area contributed by atoms with Gasteiger partial charge in [-0.1, -0.05) is 18.2 Å². The molecule has 0 atom stereocenters. The normalized spacial score (nSPS) is 13.3. The third-order valence-electron chi connectivity index (χ3n) is 3.12. The molecule has 0 saturated carbocycles. The van der Waals surface area contributed by atoms with E-state index in [1.165, 1.54) is 0 Å². The van der Waals surface area contributed by atoms with Gasteiger partial charge < -0.3 is 19.5 Å². The zero-order valence-corrected chi connectivity index (χ0v) is 11.8. The maximum atomic E-state index is 5.99. The number of fused-ring (bicyclic) bond motifs is 1. The lowest BCUT2D eigenvalue weighted by Gasteiger charge is -2.11. The number of likely N-dealkylation sites (N-methyl/N-ethyl adjacent to an activating group) is 1. The highest BCUT2D eigenvalue weighted by Crippen LogP contribution is 2.34. The molecule has 1 aliphatic rings. The van der Waals surface area contributed by atoms with Crippen LogP contribution in [-0.4, -0.2) is 20.4 Å². The molecule has 0 amide bonds. The van der Waals surface area contributed by atoms with Crippen LogP contribution in [0.2, 0.25) is 0 Å². The van der Waals surface area contributed by atoms with Crippen LogP contribution in [0.1, 0.15) is 5.56 Å². The molecule has 0 unspecified atom stereocenters. The highest BCUT2D eigenvalue weighted by Gasteiger charge is 2.15. The molecule has 4 nitrogen and oxygen atoms in total. The van der Waals surface area contributed by atoms with Crippen molar-refractivity contribution in [2.75, 3.05) is 20.4 Å². The van der Waals surface area contributed by atoms with Crippen molar-refractivity contribution in [2.24, 2.45) is 0 Å². The molecule has 4 heteroatoms. The van der Waals surface area contributed by atoms with E-state index in [-0.39, 0.29) is 6.79 Å². The van der Waals surface area contributed by atoms with E-state index in [1.54, 1.807) is 0 Å². The van der Waals surface area contributed by atoms with E-state index < -0.39 is 0 Å². The van der Waals surface area contributed by atoms with Crippen LogP contribution in [0.4, 0.5) is 0 Å². The fourth-order valence-electron chi connectivity index (χ4n) is 2.08. The minimum absolute atomic E-state index is 0.272. The van der Waals surface area contributed by atoms with Gasteiger partial charge in [-0.3, -0.25) is 0 Å². The van der Waals surface area contributed by atoms with Crippen LogP contribution in [0.3, 0.4) is 0 Å². The SMILES string of the molecule is CNCC=C(Oc1ccccc1)c1ccc2c(c1)OCO2. The molecule has 1 heterocycles. The number of nitrogens with one attached hydrogen (secondary N) is 1. The van der Waals surface area contributed by atoms with Crippen LogP contribution in [0.5, 0.6) is 17.2 Å². The predicted molar refractivity (Wildman–Crippen MR) is 81.5 cm³/mol. The number of hydrogen-bond acceptors (Lipinski definition) is 4. The molecule has 0 saturated heterocycles. The quantitative estimate of drug-likeness (QED) is 0.856. The van der Waals surface area contributed by atoms with Crippen molar-refractivity contribution in [1.29, 1.82) is 0 Å². The second-order valence-corrected chi connectivity index (χ2v) is 4.61. The topological polar surface area (TPSA) is 39.7 Å². The Labute approximate surface area is 124 Å². The fraction of sp³-hybridized carbons (Fsp3) is 0.176. The molecule has 1 aliphatic heterocycles. The molecule has 0 bridgehead atoms. The van der Waals surface area contributed by atoms with Crippen molar-refractivity contribution in [2.45, 2.75) is 0 Å². The number of para-hydroxylation sites is 1. The molecule has 0 fully saturated rings. The molecule has 0 aliphatic carbocycles. The second-order valence-electron chi connectivity index (χ2n) is 4.61. The van der Waals surface area contributed by atoms with E-state index >= 15 is 0 Å². The molecular formula is C17H17NO3. The van der Waals surface area contributed by atoms with Gasteiger partial charge in [-0.05, 0) is 43.5 Å². The van der Waals surface area contributed by atoms with Gasteiger partial charge in [-0.2, -0.15) is 0 Å². The van der Waals surface area contributed by atoms with Crippen LogP contribution >= 0.6 is 0 Å². The summed E-state index contributed by atoms with van der Waals surface area (Å²) < 4.78 is 16.7. The van der Waals surface area contributed by atoms with Gasteiger partial charge >= 0.3 is 0 Å². The molecule has 2 aromatic carbocycles. The number of benzene rings is 2. The minimum atomic E-state index is 0.272. The summed E-state index contributed by atoms with van der Waals surface area (Å²) >= 11 is 0. The first-order valence-electron chi connectivity index (χ1n) is 6.84. The smallest absolute Gasteiger partial charge is 0.231 e. The maximum absolute atomic E-state index is 5.99. The van der Waals surface area contributed by atoms with E-state index in [1.807, 2.05) is 61.7 Å². The Morgan fingerprint density at radius 1 is 1.14 bits per heavy atom. The van der Waals surface area contributed by atoms with Crippen molar-refractivity contribution in [3.8, 4) is 17.2 Å². The van der Waals surface area contributed by atoms with Crippen molar-refractivity contribution in [1.82, 2.24) is 5.32 Å². The van der Waals surface area contributed by atoms with Gasteiger partial charge in [0.15, 0.2) is 11.5 Å². The summed E-state index contributed by atoms with van der Waals surface area (Å²) in [6.45, 7) is 0.991. The molecule has 0 spiro atoms. The Morgan fingerprint density at radius 3 is 2.76 bits per heavy atom. The van der Waals surface area contributed by atoms with E-state index in [9.17, 15) is 0 Å². The van der Waals surface area contributed by atoms with Crippen molar-refractivity contribution in [3.63, 3.8) is 0 Å². The molecule has 0 radical (unpaired) electrons. The Hall–Kier alpha value is -2.46. The Kier molecular flexibility index (Phi) is 4.07. The van der Waals surface area contributed by atoms with Crippen molar-refractivity contribution < 1.29 is 14.2 Å². The summed E-state index contributed by atoms with van der Waals surface area (Å²) in [5, 5.41) is 3.09. The van der Waals surface area contributed by atoms with E-state index in [2.05, 4.69) is 5.32 Å². The van der Waals surface area contributed by atoms with Crippen LogP contribution in [-0.2, 0) is 0 Å². The van der Waals surface area contributed by atoms with Gasteiger partial charge in [0.25, 0.3) is 0 Å². The van der Waals surface area contributed by atoms with Crippen LogP contribution in [0.25, 0.3) is 5.76 Å². The predicted octanol–water partition coefficient (Wildman–Crippen LogP) is 3.05. The fourth-order valence-corrected chi connectivity index (χ4v) is 2.08. The summed E-state index contributed by atoms with van der Waals surface area (Å²) in [6, 6.07) is 15.5. The van der Waals surface area contributed by atoms with Gasteiger partial charge in [0.1, 0.15) is 11.5 Å². The van der Waals surface area contributed by atoms with E-state index in [0.29, 0.717) is 0 Å². The first-order chi connectivity index (χ1) is 10.4. The largest absolute Gasteiger partial charge is 0.457 e. The van der Waals surface area contributed by atoms with Crippen LogP contribution < -0.4 is 19.5 Å². The van der Waals surface area contributed by atoms with E-state index in [0.717, 1.165) is 35.1 Å². The summed E-state index contributed by atoms with van der Waals surface area (Å²) in [5.74, 6) is 3.11. The average molecular weight is 283 g/mol. The highest BCUT2D eigenvalue weighted by molar-refractivity contribution is 5.65. The van der Waals surface area contributed by atoms with Crippen molar-refractivity contribution in [3.05, 3.63) is 60.2 Å². The number of ether oxygens (including phenoxy) is 3.